The molecule has 1 aliphatic heterocycles. The van der Waals surface area contributed by atoms with Crippen molar-refractivity contribution in [2.24, 2.45) is 0 Å². The highest BCUT2D eigenvalue weighted by molar-refractivity contribution is 5.84. The van der Waals surface area contributed by atoms with E-state index in [4.69, 9.17) is 0 Å². The summed E-state index contributed by atoms with van der Waals surface area (Å²) in [6.07, 6.45) is -0.765. The van der Waals surface area contributed by atoms with Crippen LogP contribution in [0.5, 0.6) is 0 Å². The number of piperidine rings is 1. The van der Waals surface area contributed by atoms with Crippen LogP contribution in [-0.2, 0) is 4.79 Å². The summed E-state index contributed by atoms with van der Waals surface area (Å²) in [5.41, 5.74) is 0. The Bertz CT molecular complexity index is 291. The summed E-state index contributed by atoms with van der Waals surface area (Å²) in [4.78, 5) is 13.3. The lowest BCUT2D eigenvalue weighted by atomic mass is 10.0. The lowest BCUT2D eigenvalue weighted by Crippen LogP contribution is -2.52. The third-order valence-corrected chi connectivity index (χ3v) is 3.33. The van der Waals surface area contributed by atoms with Crippen molar-refractivity contribution in [1.82, 2.24) is 10.2 Å². The summed E-state index contributed by atoms with van der Waals surface area (Å²) < 4.78 is 49.5. The lowest BCUT2D eigenvalue weighted by Gasteiger charge is -2.32. The van der Waals surface area contributed by atoms with Crippen molar-refractivity contribution >= 4 is 5.91 Å². The van der Waals surface area contributed by atoms with Crippen molar-refractivity contribution < 1.29 is 22.4 Å². The quantitative estimate of drug-likeness (QED) is 0.759. The standard InChI is InChI=1S/C12H20F4N2O/c1-2-3-6-18-7-4-9(5-8-18)17-11(19)12(15,16)10(13)14/h9-10H,2-8H2,1H3,(H,17,19). The minimum absolute atomic E-state index is 0.435. The first kappa shape index (κ1) is 16.2. The van der Waals surface area contributed by atoms with Gasteiger partial charge in [0.2, 0.25) is 0 Å². The SMILES string of the molecule is CCCCN1CCC(NC(=O)C(F)(F)C(F)F)CC1. The van der Waals surface area contributed by atoms with Crippen LogP contribution < -0.4 is 5.32 Å². The first-order valence-corrected chi connectivity index (χ1v) is 6.57. The second-order valence-corrected chi connectivity index (χ2v) is 4.87. The van der Waals surface area contributed by atoms with Gasteiger partial charge in [0, 0.05) is 19.1 Å². The Morgan fingerprint density at radius 3 is 2.42 bits per heavy atom. The molecule has 0 atom stereocenters. The van der Waals surface area contributed by atoms with Crippen LogP contribution in [0, 0.1) is 0 Å². The fraction of sp³-hybridized carbons (Fsp3) is 0.917. The number of likely N-dealkylation sites (tertiary alicyclic amines) is 1. The Morgan fingerprint density at radius 2 is 1.95 bits per heavy atom. The number of carbonyl (C=O) groups excluding carboxylic acids is 1. The number of hydrogen-bond donors (Lipinski definition) is 1. The Kier molecular flexibility index (Phi) is 6.03. The van der Waals surface area contributed by atoms with Gasteiger partial charge in [-0.3, -0.25) is 4.79 Å². The number of hydrogen-bond acceptors (Lipinski definition) is 2. The zero-order chi connectivity index (χ0) is 14.5. The number of alkyl halides is 4. The van der Waals surface area contributed by atoms with Crippen LogP contribution in [0.15, 0.2) is 0 Å². The normalized spacial score (nSPS) is 18.8. The molecule has 1 fully saturated rings. The smallest absolute Gasteiger partial charge is 0.348 e. The van der Waals surface area contributed by atoms with Crippen molar-refractivity contribution in [3.05, 3.63) is 0 Å². The number of rotatable bonds is 6. The van der Waals surface area contributed by atoms with Crippen LogP contribution in [-0.4, -0.2) is 48.8 Å². The first-order valence-electron chi connectivity index (χ1n) is 6.57. The van der Waals surface area contributed by atoms with Gasteiger partial charge in [0.25, 0.3) is 5.91 Å². The topological polar surface area (TPSA) is 32.3 Å². The zero-order valence-electron chi connectivity index (χ0n) is 11.0. The molecule has 0 radical (unpaired) electrons. The van der Waals surface area contributed by atoms with Crippen LogP contribution in [0.4, 0.5) is 17.6 Å². The molecule has 0 aromatic rings. The van der Waals surface area contributed by atoms with Gasteiger partial charge in [0.15, 0.2) is 0 Å². The highest BCUT2D eigenvalue weighted by Gasteiger charge is 2.49. The van der Waals surface area contributed by atoms with Gasteiger partial charge in [-0.1, -0.05) is 13.3 Å². The number of amides is 1. The molecule has 1 amide bonds. The fourth-order valence-corrected chi connectivity index (χ4v) is 2.06. The van der Waals surface area contributed by atoms with Crippen molar-refractivity contribution in [2.45, 2.75) is 51.0 Å². The average Bonchev–Trinajstić information content (AvgIpc) is 2.37. The zero-order valence-corrected chi connectivity index (χ0v) is 11.0. The fourth-order valence-electron chi connectivity index (χ4n) is 2.06. The van der Waals surface area contributed by atoms with Crippen LogP contribution >= 0.6 is 0 Å². The van der Waals surface area contributed by atoms with Crippen molar-refractivity contribution in [2.75, 3.05) is 19.6 Å². The van der Waals surface area contributed by atoms with Crippen molar-refractivity contribution in [3.63, 3.8) is 0 Å². The monoisotopic (exact) mass is 284 g/mol. The number of nitrogens with one attached hydrogen (secondary N) is 1. The van der Waals surface area contributed by atoms with Crippen LogP contribution in [0.3, 0.4) is 0 Å². The molecule has 1 aliphatic rings. The summed E-state index contributed by atoms with van der Waals surface area (Å²) in [5.74, 6) is -6.46. The molecule has 19 heavy (non-hydrogen) atoms. The second-order valence-electron chi connectivity index (χ2n) is 4.87. The molecule has 0 saturated carbocycles. The third-order valence-electron chi connectivity index (χ3n) is 3.33. The molecular weight excluding hydrogens is 264 g/mol. The van der Waals surface area contributed by atoms with Gasteiger partial charge in [-0.15, -0.1) is 0 Å². The van der Waals surface area contributed by atoms with E-state index in [1.54, 1.807) is 0 Å². The Hall–Kier alpha value is -0.850. The van der Waals surface area contributed by atoms with Crippen molar-refractivity contribution in [1.29, 1.82) is 0 Å². The maximum absolute atomic E-state index is 12.8. The molecule has 0 spiro atoms. The van der Waals surface area contributed by atoms with E-state index in [2.05, 4.69) is 11.8 Å². The highest BCUT2D eigenvalue weighted by Crippen LogP contribution is 2.23. The summed E-state index contributed by atoms with van der Waals surface area (Å²) in [6.45, 7) is 4.43. The number of nitrogens with zero attached hydrogens (tertiary/aromatic N) is 1. The lowest BCUT2D eigenvalue weighted by molar-refractivity contribution is -0.170. The second kappa shape index (κ2) is 7.07. The van der Waals surface area contributed by atoms with Crippen LogP contribution in [0.25, 0.3) is 0 Å². The van der Waals surface area contributed by atoms with Gasteiger partial charge in [-0.05, 0) is 25.8 Å². The minimum atomic E-state index is -4.60. The Balaban J connectivity index is 2.35. The van der Waals surface area contributed by atoms with E-state index in [0.29, 0.717) is 25.9 Å². The predicted octanol–water partition coefficient (Wildman–Crippen LogP) is 2.27. The molecule has 1 saturated heterocycles. The van der Waals surface area contributed by atoms with E-state index in [-0.39, 0.29) is 0 Å². The Labute approximate surface area is 110 Å². The van der Waals surface area contributed by atoms with E-state index in [9.17, 15) is 22.4 Å². The first-order chi connectivity index (χ1) is 8.87. The van der Waals surface area contributed by atoms with Gasteiger partial charge in [-0.25, -0.2) is 8.78 Å². The molecule has 0 bridgehead atoms. The molecule has 1 heterocycles. The largest absolute Gasteiger partial charge is 0.383 e. The molecular formula is C12H20F4N2O. The van der Waals surface area contributed by atoms with Crippen LogP contribution in [0.1, 0.15) is 32.6 Å². The summed E-state index contributed by atoms with van der Waals surface area (Å²) >= 11 is 0. The Morgan fingerprint density at radius 1 is 1.37 bits per heavy atom. The predicted molar refractivity (Wildman–Crippen MR) is 63.5 cm³/mol. The minimum Gasteiger partial charge on any atom is -0.348 e. The van der Waals surface area contributed by atoms with Gasteiger partial charge < -0.3 is 10.2 Å². The number of carbonyl (C=O) groups is 1. The average molecular weight is 284 g/mol. The number of halogens is 4. The van der Waals surface area contributed by atoms with Crippen molar-refractivity contribution in [3.8, 4) is 0 Å². The van der Waals surface area contributed by atoms with E-state index in [1.165, 1.54) is 0 Å². The summed E-state index contributed by atoms with van der Waals surface area (Å²) in [6, 6.07) is -0.435. The third kappa shape index (κ3) is 4.63. The molecule has 0 unspecified atom stereocenters. The number of unbranched alkanes of at least 4 members (excludes halogenated alkanes) is 1. The molecule has 1 rings (SSSR count). The van der Waals surface area contributed by atoms with Gasteiger partial charge in [0.1, 0.15) is 0 Å². The molecule has 1 N–H and O–H groups in total. The van der Waals surface area contributed by atoms with E-state index in [0.717, 1.165) is 19.4 Å². The van der Waals surface area contributed by atoms with E-state index >= 15 is 0 Å². The summed E-state index contributed by atoms with van der Waals surface area (Å²) in [5, 5.41) is 2.02. The molecule has 0 aromatic heterocycles. The molecule has 112 valence electrons. The highest BCUT2D eigenvalue weighted by atomic mass is 19.3. The maximum atomic E-state index is 12.8. The molecule has 0 aliphatic carbocycles. The van der Waals surface area contributed by atoms with Crippen LogP contribution in [0.2, 0.25) is 0 Å². The van der Waals surface area contributed by atoms with Gasteiger partial charge in [0.05, 0.1) is 0 Å². The van der Waals surface area contributed by atoms with Gasteiger partial charge >= 0.3 is 12.3 Å². The molecule has 0 aromatic carbocycles. The maximum Gasteiger partial charge on any atom is 0.383 e. The van der Waals surface area contributed by atoms with E-state index < -0.39 is 24.3 Å². The molecule has 3 nitrogen and oxygen atoms in total. The van der Waals surface area contributed by atoms with Gasteiger partial charge in [-0.2, -0.15) is 8.78 Å². The molecule has 7 heteroatoms. The van der Waals surface area contributed by atoms with E-state index in [1.807, 2.05) is 5.32 Å². The summed E-state index contributed by atoms with van der Waals surface area (Å²) in [7, 11) is 0.